The number of rotatable bonds is 7. The van der Waals surface area contributed by atoms with Gasteiger partial charge < -0.3 is 10.2 Å². The predicted octanol–water partition coefficient (Wildman–Crippen LogP) is 4.02. The van der Waals surface area contributed by atoms with Crippen molar-refractivity contribution in [2.45, 2.75) is 26.7 Å². The Balaban J connectivity index is 1.84. The zero-order valence-corrected chi connectivity index (χ0v) is 16.5. The zero-order valence-electron chi connectivity index (χ0n) is 15.7. The van der Waals surface area contributed by atoms with E-state index in [0.29, 0.717) is 16.3 Å². The Bertz CT molecular complexity index is 847. The zero-order chi connectivity index (χ0) is 20.0. The molecule has 0 saturated carbocycles. The molecule has 0 saturated heterocycles. The summed E-state index contributed by atoms with van der Waals surface area (Å²) in [4.78, 5) is 38.0. The van der Waals surface area contributed by atoms with Crippen LogP contribution in [0.25, 0.3) is 0 Å². The number of aryl methyl sites for hydroxylation is 2. The van der Waals surface area contributed by atoms with E-state index in [4.69, 9.17) is 11.6 Å². The van der Waals surface area contributed by atoms with E-state index in [1.165, 1.54) is 4.90 Å². The number of halogens is 1. The minimum atomic E-state index is -0.311. The van der Waals surface area contributed by atoms with Crippen molar-refractivity contribution in [3.05, 3.63) is 64.2 Å². The van der Waals surface area contributed by atoms with Crippen molar-refractivity contribution < 1.29 is 14.4 Å². The molecule has 0 heterocycles. The van der Waals surface area contributed by atoms with Gasteiger partial charge in [0.05, 0.1) is 6.54 Å². The molecular formula is C21H23ClN2O3. The summed E-state index contributed by atoms with van der Waals surface area (Å²) in [7, 11) is 1.55. The van der Waals surface area contributed by atoms with Crippen molar-refractivity contribution in [2.24, 2.45) is 0 Å². The van der Waals surface area contributed by atoms with Crippen molar-refractivity contribution in [2.75, 3.05) is 18.9 Å². The summed E-state index contributed by atoms with van der Waals surface area (Å²) < 4.78 is 0. The first-order chi connectivity index (χ1) is 12.8. The van der Waals surface area contributed by atoms with Gasteiger partial charge in [0.15, 0.2) is 5.78 Å². The smallest absolute Gasteiger partial charge is 0.243 e. The van der Waals surface area contributed by atoms with Crippen LogP contribution >= 0.6 is 11.6 Å². The molecule has 0 aliphatic carbocycles. The van der Waals surface area contributed by atoms with Gasteiger partial charge in [-0.15, -0.1) is 0 Å². The second-order valence-corrected chi connectivity index (χ2v) is 6.98. The summed E-state index contributed by atoms with van der Waals surface area (Å²) in [5.74, 6) is -0.627. The molecule has 0 aliphatic heterocycles. The number of benzene rings is 2. The van der Waals surface area contributed by atoms with Crippen molar-refractivity contribution in [1.82, 2.24) is 4.90 Å². The summed E-state index contributed by atoms with van der Waals surface area (Å²) >= 11 is 5.80. The van der Waals surface area contributed by atoms with Crippen LogP contribution in [0.15, 0.2) is 42.5 Å². The maximum atomic E-state index is 12.4. The fraction of sp³-hybridized carbons (Fsp3) is 0.286. The number of ketones is 1. The topological polar surface area (TPSA) is 66.5 Å². The normalized spacial score (nSPS) is 10.4. The highest BCUT2D eigenvalue weighted by Crippen LogP contribution is 2.15. The fourth-order valence-electron chi connectivity index (χ4n) is 2.62. The second kappa shape index (κ2) is 9.33. The molecule has 5 nitrogen and oxygen atoms in total. The van der Waals surface area contributed by atoms with Gasteiger partial charge in [0.25, 0.3) is 0 Å². The van der Waals surface area contributed by atoms with Gasteiger partial charge >= 0.3 is 0 Å². The lowest BCUT2D eigenvalue weighted by molar-refractivity contribution is -0.133. The monoisotopic (exact) mass is 386 g/mol. The summed E-state index contributed by atoms with van der Waals surface area (Å²) in [6.45, 7) is 3.72. The molecule has 0 atom stereocenters. The molecule has 0 bridgehead atoms. The first-order valence-corrected chi connectivity index (χ1v) is 9.04. The maximum absolute atomic E-state index is 12.4. The number of nitrogens with one attached hydrogen (secondary N) is 1. The molecule has 2 aromatic rings. The molecule has 0 aliphatic rings. The largest absolute Gasteiger partial charge is 0.336 e. The Morgan fingerprint density at radius 1 is 1.00 bits per heavy atom. The highest BCUT2D eigenvalue weighted by molar-refractivity contribution is 6.30. The molecule has 0 radical (unpaired) electrons. The number of likely N-dealkylation sites (N-methyl/N-ethyl adjacent to an activating group) is 1. The lowest BCUT2D eigenvalue weighted by Gasteiger charge is -2.17. The van der Waals surface area contributed by atoms with E-state index >= 15 is 0 Å². The summed E-state index contributed by atoms with van der Waals surface area (Å²) in [6.07, 6.45) is 0.184. The first kappa shape index (κ1) is 20.6. The lowest BCUT2D eigenvalue weighted by Crippen LogP contribution is -2.35. The molecular weight excluding hydrogens is 364 g/mol. The average molecular weight is 387 g/mol. The van der Waals surface area contributed by atoms with E-state index in [9.17, 15) is 14.4 Å². The number of Topliss-reactive ketones (excluding diaryl/α,β-unsaturated/α-hetero) is 1. The molecule has 27 heavy (non-hydrogen) atoms. The molecule has 2 rings (SSSR count). The van der Waals surface area contributed by atoms with Gasteiger partial charge in [0.1, 0.15) is 0 Å². The third-order valence-corrected chi connectivity index (χ3v) is 4.45. The quantitative estimate of drug-likeness (QED) is 0.731. The van der Waals surface area contributed by atoms with Crippen LogP contribution in [-0.2, 0) is 9.59 Å². The second-order valence-electron chi connectivity index (χ2n) is 6.55. The van der Waals surface area contributed by atoms with Crippen molar-refractivity contribution in [3.8, 4) is 0 Å². The fourth-order valence-corrected chi connectivity index (χ4v) is 2.75. The SMILES string of the molecule is Cc1ccc(C)c(C(=O)CCC(=O)N(C)CC(=O)Nc2ccc(Cl)cc2)c1. The van der Waals surface area contributed by atoms with Gasteiger partial charge in [0.2, 0.25) is 11.8 Å². The first-order valence-electron chi connectivity index (χ1n) is 8.66. The Morgan fingerprint density at radius 3 is 2.33 bits per heavy atom. The minimum absolute atomic E-state index is 0.0661. The van der Waals surface area contributed by atoms with Gasteiger partial charge in [-0.1, -0.05) is 29.3 Å². The van der Waals surface area contributed by atoms with Crippen LogP contribution in [0.4, 0.5) is 5.69 Å². The number of carbonyl (C=O) groups is 3. The van der Waals surface area contributed by atoms with Gasteiger partial charge in [0, 0.05) is 36.2 Å². The third kappa shape index (κ3) is 6.22. The van der Waals surface area contributed by atoms with Crippen molar-refractivity contribution in [1.29, 1.82) is 0 Å². The molecule has 0 aromatic heterocycles. The molecule has 2 aromatic carbocycles. The molecule has 1 N–H and O–H groups in total. The predicted molar refractivity (Wildman–Crippen MR) is 107 cm³/mol. The van der Waals surface area contributed by atoms with Crippen LogP contribution in [0.5, 0.6) is 0 Å². The Labute approximate surface area is 164 Å². The molecule has 0 fully saturated rings. The van der Waals surface area contributed by atoms with E-state index < -0.39 is 0 Å². The third-order valence-electron chi connectivity index (χ3n) is 4.19. The molecule has 2 amide bonds. The lowest BCUT2D eigenvalue weighted by atomic mass is 9.99. The Morgan fingerprint density at radius 2 is 1.67 bits per heavy atom. The number of anilines is 1. The van der Waals surface area contributed by atoms with Crippen LogP contribution in [0.1, 0.15) is 34.3 Å². The summed E-state index contributed by atoms with van der Waals surface area (Å²) in [6, 6.07) is 12.4. The van der Waals surface area contributed by atoms with Gasteiger partial charge in [-0.25, -0.2) is 0 Å². The summed E-state index contributed by atoms with van der Waals surface area (Å²) in [5, 5.41) is 3.28. The van der Waals surface area contributed by atoms with E-state index in [0.717, 1.165) is 11.1 Å². The Hall–Kier alpha value is -2.66. The van der Waals surface area contributed by atoms with Crippen LogP contribution in [0.2, 0.25) is 5.02 Å². The highest BCUT2D eigenvalue weighted by atomic mass is 35.5. The minimum Gasteiger partial charge on any atom is -0.336 e. The van der Waals surface area contributed by atoms with E-state index in [-0.39, 0.29) is 37.0 Å². The van der Waals surface area contributed by atoms with Gasteiger partial charge in [-0.3, -0.25) is 14.4 Å². The van der Waals surface area contributed by atoms with Crippen molar-refractivity contribution >= 4 is 34.9 Å². The standard InChI is InChI=1S/C21H23ClN2O3/c1-14-4-5-15(2)18(12-14)19(25)10-11-21(27)24(3)13-20(26)23-17-8-6-16(22)7-9-17/h4-9,12H,10-11,13H2,1-3H3,(H,23,26). The number of nitrogens with zero attached hydrogens (tertiary/aromatic N) is 1. The average Bonchev–Trinajstić information content (AvgIpc) is 2.63. The number of amides is 2. The van der Waals surface area contributed by atoms with Crippen LogP contribution in [0, 0.1) is 13.8 Å². The van der Waals surface area contributed by atoms with Gasteiger partial charge in [-0.2, -0.15) is 0 Å². The molecule has 0 spiro atoms. The van der Waals surface area contributed by atoms with Gasteiger partial charge in [-0.05, 0) is 49.7 Å². The van der Waals surface area contributed by atoms with Crippen LogP contribution < -0.4 is 5.32 Å². The van der Waals surface area contributed by atoms with Crippen LogP contribution in [0.3, 0.4) is 0 Å². The highest BCUT2D eigenvalue weighted by Gasteiger charge is 2.16. The number of hydrogen-bond donors (Lipinski definition) is 1. The van der Waals surface area contributed by atoms with Crippen molar-refractivity contribution in [3.63, 3.8) is 0 Å². The Kier molecular flexibility index (Phi) is 7.13. The van der Waals surface area contributed by atoms with Crippen LogP contribution in [-0.4, -0.2) is 36.1 Å². The maximum Gasteiger partial charge on any atom is 0.243 e. The molecule has 0 unspecified atom stereocenters. The molecule has 6 heteroatoms. The summed E-state index contributed by atoms with van der Waals surface area (Å²) in [5.41, 5.74) is 3.15. The van der Waals surface area contributed by atoms with E-state index in [2.05, 4.69) is 5.32 Å². The molecule has 142 valence electrons. The van der Waals surface area contributed by atoms with E-state index in [1.807, 2.05) is 32.0 Å². The number of carbonyl (C=O) groups excluding carboxylic acids is 3. The number of hydrogen-bond acceptors (Lipinski definition) is 3. The van der Waals surface area contributed by atoms with E-state index in [1.54, 1.807) is 31.3 Å².